The Kier molecular flexibility index (Phi) is 15.7. The van der Waals surface area contributed by atoms with Gasteiger partial charge in [0.15, 0.2) is 0 Å². The molecular weight excluding hydrogens is 342 g/mol. The van der Waals surface area contributed by atoms with E-state index < -0.39 is 23.8 Å². The Morgan fingerprint density at radius 1 is 0.889 bits per heavy atom. The van der Waals surface area contributed by atoms with E-state index in [1.54, 1.807) is 20.8 Å². The molecule has 0 aliphatic heterocycles. The van der Waals surface area contributed by atoms with Gasteiger partial charge >= 0.3 is 6.09 Å². The molecule has 0 rings (SSSR count). The molecule has 0 aromatic rings. The average Bonchev–Trinajstić information content (AvgIpc) is 2.58. The quantitative estimate of drug-likeness (QED) is 0.313. The van der Waals surface area contributed by atoms with Gasteiger partial charge < -0.3 is 20.3 Å². The maximum absolute atomic E-state index is 11.8. The number of aliphatic hydroxyl groups is 2. The Labute approximate surface area is 167 Å². The Balaban J connectivity index is 3.65. The molecule has 27 heavy (non-hydrogen) atoms. The Morgan fingerprint density at radius 2 is 1.33 bits per heavy atom. The predicted molar refractivity (Wildman–Crippen MR) is 112 cm³/mol. The van der Waals surface area contributed by atoms with Gasteiger partial charge in [0.05, 0.1) is 18.8 Å². The number of amides is 1. The number of nitrogens with one attached hydrogen (secondary N) is 1. The van der Waals surface area contributed by atoms with Gasteiger partial charge in [-0.2, -0.15) is 0 Å². The van der Waals surface area contributed by atoms with E-state index in [4.69, 9.17) is 4.74 Å². The third-order valence-corrected chi connectivity index (χ3v) is 4.72. The van der Waals surface area contributed by atoms with Crippen LogP contribution in [0.4, 0.5) is 4.79 Å². The second-order valence-corrected chi connectivity index (χ2v) is 8.68. The number of rotatable bonds is 16. The third kappa shape index (κ3) is 17.0. The largest absolute Gasteiger partial charge is 0.444 e. The summed E-state index contributed by atoms with van der Waals surface area (Å²) < 4.78 is 5.16. The maximum Gasteiger partial charge on any atom is 0.408 e. The van der Waals surface area contributed by atoms with Crippen molar-refractivity contribution in [3.8, 4) is 0 Å². The summed E-state index contributed by atoms with van der Waals surface area (Å²) in [5.41, 5.74) is -0.593. The summed E-state index contributed by atoms with van der Waals surface area (Å²) in [7, 11) is 0. The van der Waals surface area contributed by atoms with Gasteiger partial charge in [-0.3, -0.25) is 0 Å². The first-order valence-corrected chi connectivity index (χ1v) is 11.1. The summed E-state index contributed by atoms with van der Waals surface area (Å²) in [4.78, 5) is 11.8. The molecule has 0 unspecified atom stereocenters. The van der Waals surface area contributed by atoms with Crippen molar-refractivity contribution >= 4 is 6.09 Å². The van der Waals surface area contributed by atoms with Gasteiger partial charge in [-0.1, -0.05) is 84.0 Å². The van der Waals surface area contributed by atoms with Gasteiger partial charge in [0.2, 0.25) is 0 Å². The SMILES string of the molecule is CCCCCCCCCCCCCC[C@@H](O)[C@H](CO)NC(=O)OC(C)(C)C. The van der Waals surface area contributed by atoms with Crippen LogP contribution in [0.15, 0.2) is 0 Å². The number of alkyl carbamates (subject to hydrolysis) is 1. The van der Waals surface area contributed by atoms with Gasteiger partial charge in [0.25, 0.3) is 0 Å². The molecule has 5 heteroatoms. The zero-order chi connectivity index (χ0) is 20.5. The molecule has 0 spiro atoms. The van der Waals surface area contributed by atoms with Gasteiger partial charge in [-0.25, -0.2) is 4.79 Å². The minimum Gasteiger partial charge on any atom is -0.444 e. The summed E-state index contributed by atoms with van der Waals surface area (Å²) in [6.45, 7) is 7.30. The summed E-state index contributed by atoms with van der Waals surface area (Å²) in [6.07, 6.45) is 14.5. The van der Waals surface area contributed by atoms with Crippen LogP contribution in [-0.4, -0.2) is 40.7 Å². The van der Waals surface area contributed by atoms with Gasteiger partial charge in [0.1, 0.15) is 5.60 Å². The highest BCUT2D eigenvalue weighted by Crippen LogP contribution is 2.14. The first-order valence-electron chi connectivity index (χ1n) is 11.1. The predicted octanol–water partition coefficient (Wildman–Crippen LogP) is 5.32. The third-order valence-electron chi connectivity index (χ3n) is 4.72. The second-order valence-electron chi connectivity index (χ2n) is 8.68. The van der Waals surface area contributed by atoms with Crippen LogP contribution in [0.3, 0.4) is 0 Å². The minimum atomic E-state index is -0.745. The molecule has 0 radical (unpaired) electrons. The molecular formula is C22H45NO4. The van der Waals surface area contributed by atoms with Crippen molar-refractivity contribution in [1.29, 1.82) is 0 Å². The molecule has 0 saturated heterocycles. The number of hydrogen-bond donors (Lipinski definition) is 3. The number of unbranched alkanes of at least 4 members (excludes halogenated alkanes) is 11. The second kappa shape index (κ2) is 16.2. The number of ether oxygens (including phenoxy) is 1. The van der Waals surface area contributed by atoms with Crippen LogP contribution in [0.5, 0.6) is 0 Å². The lowest BCUT2D eigenvalue weighted by atomic mass is 10.0. The van der Waals surface area contributed by atoms with Crippen LogP contribution in [0, 0.1) is 0 Å². The highest BCUT2D eigenvalue weighted by Gasteiger charge is 2.23. The van der Waals surface area contributed by atoms with E-state index in [2.05, 4.69) is 12.2 Å². The van der Waals surface area contributed by atoms with Gasteiger partial charge in [0, 0.05) is 0 Å². The molecule has 5 nitrogen and oxygen atoms in total. The van der Waals surface area contributed by atoms with Crippen molar-refractivity contribution in [3.63, 3.8) is 0 Å². The van der Waals surface area contributed by atoms with E-state index in [9.17, 15) is 15.0 Å². The lowest BCUT2D eigenvalue weighted by Gasteiger charge is -2.25. The lowest BCUT2D eigenvalue weighted by molar-refractivity contribution is 0.0333. The van der Waals surface area contributed by atoms with E-state index in [0.717, 1.165) is 12.8 Å². The molecule has 0 aliphatic rings. The number of hydrogen-bond acceptors (Lipinski definition) is 4. The standard InChI is InChI=1S/C22H45NO4/c1-5-6-7-8-9-10-11-12-13-14-15-16-17-20(25)19(18-24)23-21(26)27-22(2,3)4/h19-20,24-25H,5-18H2,1-4H3,(H,23,26)/t19-,20+/m0/s1. The van der Waals surface area contributed by atoms with Crippen LogP contribution in [0.25, 0.3) is 0 Å². The van der Waals surface area contributed by atoms with E-state index >= 15 is 0 Å². The molecule has 0 aromatic carbocycles. The van der Waals surface area contributed by atoms with Crippen LogP contribution in [0.1, 0.15) is 111 Å². The van der Waals surface area contributed by atoms with Crippen LogP contribution in [-0.2, 0) is 4.74 Å². The molecule has 0 saturated carbocycles. The summed E-state index contributed by atoms with van der Waals surface area (Å²) >= 11 is 0. The topological polar surface area (TPSA) is 78.8 Å². The monoisotopic (exact) mass is 387 g/mol. The van der Waals surface area contributed by atoms with Crippen LogP contribution >= 0.6 is 0 Å². The van der Waals surface area contributed by atoms with Gasteiger partial charge in [-0.05, 0) is 27.2 Å². The molecule has 0 bridgehead atoms. The number of carbonyl (C=O) groups is 1. The van der Waals surface area contributed by atoms with Crippen molar-refractivity contribution in [3.05, 3.63) is 0 Å². The fraction of sp³-hybridized carbons (Fsp3) is 0.955. The fourth-order valence-corrected chi connectivity index (χ4v) is 3.12. The van der Waals surface area contributed by atoms with E-state index in [1.807, 2.05) is 0 Å². The number of carbonyl (C=O) groups excluding carboxylic acids is 1. The Morgan fingerprint density at radius 3 is 1.74 bits per heavy atom. The van der Waals surface area contributed by atoms with Crippen LogP contribution < -0.4 is 5.32 Å². The van der Waals surface area contributed by atoms with E-state index in [0.29, 0.717) is 6.42 Å². The molecule has 3 N–H and O–H groups in total. The first-order chi connectivity index (χ1) is 12.8. The lowest BCUT2D eigenvalue weighted by Crippen LogP contribution is -2.47. The summed E-state index contributed by atoms with van der Waals surface area (Å²) in [5, 5.41) is 22.1. The Bertz CT molecular complexity index is 355. The zero-order valence-electron chi connectivity index (χ0n) is 18.3. The van der Waals surface area contributed by atoms with E-state index in [-0.39, 0.29) is 6.61 Å². The number of aliphatic hydroxyl groups excluding tert-OH is 2. The van der Waals surface area contributed by atoms with Gasteiger partial charge in [-0.15, -0.1) is 0 Å². The van der Waals surface area contributed by atoms with Crippen molar-refractivity contribution in [1.82, 2.24) is 5.32 Å². The van der Waals surface area contributed by atoms with Crippen molar-refractivity contribution in [2.24, 2.45) is 0 Å². The summed E-state index contributed by atoms with van der Waals surface area (Å²) in [6, 6.07) is -0.674. The molecule has 1 amide bonds. The van der Waals surface area contributed by atoms with Crippen molar-refractivity contribution in [2.75, 3.05) is 6.61 Å². The van der Waals surface area contributed by atoms with E-state index in [1.165, 1.54) is 64.2 Å². The zero-order valence-corrected chi connectivity index (χ0v) is 18.3. The molecule has 162 valence electrons. The van der Waals surface area contributed by atoms with Crippen LogP contribution in [0.2, 0.25) is 0 Å². The summed E-state index contributed by atoms with van der Waals surface area (Å²) in [5.74, 6) is 0. The molecule has 0 heterocycles. The first kappa shape index (κ1) is 26.2. The fourth-order valence-electron chi connectivity index (χ4n) is 3.12. The molecule has 2 atom stereocenters. The highest BCUT2D eigenvalue weighted by molar-refractivity contribution is 5.68. The maximum atomic E-state index is 11.8. The molecule has 0 fully saturated rings. The smallest absolute Gasteiger partial charge is 0.408 e. The molecule has 0 aromatic heterocycles. The minimum absolute atomic E-state index is 0.293. The Hall–Kier alpha value is -0.810. The normalized spacial score (nSPS) is 14.0. The van der Waals surface area contributed by atoms with Crippen molar-refractivity contribution in [2.45, 2.75) is 129 Å². The van der Waals surface area contributed by atoms with Crippen molar-refractivity contribution < 1.29 is 19.7 Å². The highest BCUT2D eigenvalue weighted by atomic mass is 16.6. The average molecular weight is 388 g/mol. The molecule has 0 aliphatic carbocycles.